The standard InChI is InChI=1S/C26H34O2/c1-26-15-14-21-20-11-9-19(28-2)16-18(20)8-10-22(21)23(26)12-13-24(26)25(27)17-6-4-3-5-7-17/h3-7,13,18-23H,8-12,14-16H2,1-2H3/t18?,19?,20-,21+,22+,23-,26-/m0/s1. The summed E-state index contributed by atoms with van der Waals surface area (Å²) < 4.78 is 5.70. The topological polar surface area (TPSA) is 26.3 Å². The molecule has 1 aromatic carbocycles. The van der Waals surface area contributed by atoms with E-state index in [1.54, 1.807) is 0 Å². The molecule has 7 atom stereocenters. The van der Waals surface area contributed by atoms with Gasteiger partial charge in [-0.2, -0.15) is 0 Å². The minimum absolute atomic E-state index is 0.0880. The Balaban J connectivity index is 1.36. The maximum absolute atomic E-state index is 13.3. The van der Waals surface area contributed by atoms with E-state index in [4.69, 9.17) is 4.74 Å². The molecule has 1 aromatic rings. The van der Waals surface area contributed by atoms with Gasteiger partial charge in [-0.15, -0.1) is 0 Å². The molecule has 0 heterocycles. The molecular weight excluding hydrogens is 344 g/mol. The van der Waals surface area contributed by atoms with E-state index in [0.29, 0.717) is 12.0 Å². The second kappa shape index (κ2) is 7.13. The van der Waals surface area contributed by atoms with Crippen LogP contribution in [0.4, 0.5) is 0 Å². The third-order valence-electron chi connectivity index (χ3n) is 9.10. The van der Waals surface area contributed by atoms with Gasteiger partial charge in [-0.1, -0.05) is 43.3 Å². The first-order valence-electron chi connectivity index (χ1n) is 11.4. The van der Waals surface area contributed by atoms with Gasteiger partial charge in [-0.3, -0.25) is 4.79 Å². The molecule has 0 saturated heterocycles. The minimum atomic E-state index is 0.0880. The van der Waals surface area contributed by atoms with Crippen LogP contribution in [0.5, 0.6) is 0 Å². The lowest BCUT2D eigenvalue weighted by Crippen LogP contribution is -2.49. The Morgan fingerprint density at radius 1 is 1.00 bits per heavy atom. The largest absolute Gasteiger partial charge is 0.381 e. The van der Waals surface area contributed by atoms with Crippen molar-refractivity contribution in [3.05, 3.63) is 47.5 Å². The molecule has 28 heavy (non-hydrogen) atoms. The molecule has 0 N–H and O–H groups in total. The lowest BCUT2D eigenvalue weighted by molar-refractivity contribution is -0.0693. The van der Waals surface area contributed by atoms with Crippen molar-refractivity contribution >= 4 is 5.78 Å². The van der Waals surface area contributed by atoms with Crippen molar-refractivity contribution in [1.29, 1.82) is 0 Å². The fourth-order valence-electron chi connectivity index (χ4n) is 7.69. The molecule has 2 heteroatoms. The molecule has 5 rings (SSSR count). The SMILES string of the molecule is COC1CC[C@H]2C(CC[C@@H]3[C@@H]2CC[C@]2(C)C(C(=O)c4ccccc4)=CC[C@@H]32)C1. The van der Waals surface area contributed by atoms with Crippen LogP contribution in [0, 0.1) is 35.0 Å². The van der Waals surface area contributed by atoms with Crippen molar-refractivity contribution in [3.8, 4) is 0 Å². The number of ether oxygens (including phenoxy) is 1. The molecule has 0 bridgehead atoms. The Kier molecular flexibility index (Phi) is 4.74. The number of carbonyl (C=O) groups is 1. The Labute approximate surface area is 169 Å². The average Bonchev–Trinajstić information content (AvgIpc) is 3.10. The van der Waals surface area contributed by atoms with Crippen molar-refractivity contribution in [2.75, 3.05) is 7.11 Å². The molecule has 3 fully saturated rings. The van der Waals surface area contributed by atoms with E-state index >= 15 is 0 Å². The van der Waals surface area contributed by atoms with Gasteiger partial charge in [-0.05, 0) is 86.4 Å². The van der Waals surface area contributed by atoms with Crippen LogP contribution in [0.25, 0.3) is 0 Å². The van der Waals surface area contributed by atoms with Crippen molar-refractivity contribution < 1.29 is 9.53 Å². The Morgan fingerprint density at radius 2 is 1.79 bits per heavy atom. The maximum Gasteiger partial charge on any atom is 0.189 e. The molecule has 0 radical (unpaired) electrons. The molecule has 0 spiro atoms. The summed E-state index contributed by atoms with van der Waals surface area (Å²) >= 11 is 0. The normalized spacial score (nSPS) is 42.1. The predicted molar refractivity (Wildman–Crippen MR) is 112 cm³/mol. The number of rotatable bonds is 3. The highest BCUT2D eigenvalue weighted by atomic mass is 16.5. The van der Waals surface area contributed by atoms with Crippen LogP contribution in [-0.4, -0.2) is 19.0 Å². The van der Waals surface area contributed by atoms with Gasteiger partial charge in [0.05, 0.1) is 6.10 Å². The number of carbonyl (C=O) groups excluding carboxylic acids is 1. The molecule has 2 unspecified atom stereocenters. The summed E-state index contributed by atoms with van der Waals surface area (Å²) in [6.07, 6.45) is 13.1. The van der Waals surface area contributed by atoms with Gasteiger partial charge in [-0.25, -0.2) is 0 Å². The summed E-state index contributed by atoms with van der Waals surface area (Å²) in [5.74, 6) is 4.44. The quantitative estimate of drug-likeness (QED) is 0.596. The summed E-state index contributed by atoms with van der Waals surface area (Å²) in [5, 5.41) is 0. The van der Waals surface area contributed by atoms with Gasteiger partial charge in [0.15, 0.2) is 5.78 Å². The van der Waals surface area contributed by atoms with Crippen LogP contribution >= 0.6 is 0 Å². The van der Waals surface area contributed by atoms with Gasteiger partial charge in [0.25, 0.3) is 0 Å². The van der Waals surface area contributed by atoms with Gasteiger partial charge in [0, 0.05) is 18.2 Å². The zero-order valence-corrected chi connectivity index (χ0v) is 17.4. The summed E-state index contributed by atoms with van der Waals surface area (Å²) in [7, 11) is 1.89. The van der Waals surface area contributed by atoms with Gasteiger partial charge >= 0.3 is 0 Å². The van der Waals surface area contributed by atoms with Crippen molar-refractivity contribution in [3.63, 3.8) is 0 Å². The number of ketones is 1. The molecule has 3 saturated carbocycles. The van der Waals surface area contributed by atoms with Gasteiger partial charge in [0.2, 0.25) is 0 Å². The number of hydrogen-bond donors (Lipinski definition) is 0. The second-order valence-corrected chi connectivity index (χ2v) is 10.1. The zero-order chi connectivity index (χ0) is 19.3. The van der Waals surface area contributed by atoms with E-state index in [-0.39, 0.29) is 11.2 Å². The Bertz CT molecular complexity index is 766. The van der Waals surface area contributed by atoms with E-state index in [2.05, 4.69) is 13.0 Å². The maximum atomic E-state index is 13.3. The second-order valence-electron chi connectivity index (χ2n) is 10.1. The lowest BCUT2D eigenvalue weighted by Gasteiger charge is -2.55. The lowest BCUT2D eigenvalue weighted by atomic mass is 9.49. The van der Waals surface area contributed by atoms with Gasteiger partial charge in [0.1, 0.15) is 0 Å². The zero-order valence-electron chi connectivity index (χ0n) is 17.4. The van der Waals surface area contributed by atoms with Crippen molar-refractivity contribution in [2.45, 2.75) is 64.4 Å². The first-order chi connectivity index (χ1) is 13.6. The Morgan fingerprint density at radius 3 is 2.57 bits per heavy atom. The number of methoxy groups -OCH3 is 1. The van der Waals surface area contributed by atoms with E-state index in [9.17, 15) is 4.79 Å². The van der Waals surface area contributed by atoms with Crippen LogP contribution in [0.1, 0.15) is 68.6 Å². The van der Waals surface area contributed by atoms with Crippen LogP contribution in [-0.2, 0) is 4.74 Å². The summed E-state index contributed by atoms with van der Waals surface area (Å²) in [6.45, 7) is 2.40. The fraction of sp³-hybridized carbons (Fsp3) is 0.654. The Hall–Kier alpha value is -1.41. The molecular formula is C26H34O2. The third kappa shape index (κ3) is 2.83. The molecule has 150 valence electrons. The van der Waals surface area contributed by atoms with E-state index < -0.39 is 0 Å². The first-order valence-corrected chi connectivity index (χ1v) is 11.4. The van der Waals surface area contributed by atoms with Crippen LogP contribution in [0.2, 0.25) is 0 Å². The number of fused-ring (bicyclic) bond motifs is 5. The number of hydrogen-bond acceptors (Lipinski definition) is 2. The van der Waals surface area contributed by atoms with Crippen molar-refractivity contribution in [2.24, 2.45) is 35.0 Å². The highest BCUT2D eigenvalue weighted by Gasteiger charge is 2.55. The summed E-state index contributed by atoms with van der Waals surface area (Å²) in [6, 6.07) is 9.91. The molecule has 2 nitrogen and oxygen atoms in total. The highest BCUT2D eigenvalue weighted by Crippen LogP contribution is 2.62. The number of benzene rings is 1. The number of allylic oxidation sites excluding steroid dienone is 2. The smallest absolute Gasteiger partial charge is 0.189 e. The van der Waals surface area contributed by atoms with Gasteiger partial charge < -0.3 is 4.74 Å². The molecule has 4 aliphatic rings. The molecule has 0 aliphatic heterocycles. The first kappa shape index (κ1) is 18.6. The summed E-state index contributed by atoms with van der Waals surface area (Å²) in [4.78, 5) is 13.3. The van der Waals surface area contributed by atoms with Crippen molar-refractivity contribution in [1.82, 2.24) is 0 Å². The molecule has 4 aliphatic carbocycles. The fourth-order valence-corrected chi connectivity index (χ4v) is 7.69. The molecule has 0 aromatic heterocycles. The highest BCUT2D eigenvalue weighted by molar-refractivity contribution is 6.09. The van der Waals surface area contributed by atoms with E-state index in [1.165, 1.54) is 44.9 Å². The average molecular weight is 379 g/mol. The predicted octanol–water partition coefficient (Wildman–Crippen LogP) is 6.07. The molecule has 0 amide bonds. The van der Waals surface area contributed by atoms with Crippen LogP contribution in [0.15, 0.2) is 42.0 Å². The van der Waals surface area contributed by atoms with E-state index in [0.717, 1.165) is 41.2 Å². The minimum Gasteiger partial charge on any atom is -0.381 e. The monoisotopic (exact) mass is 378 g/mol. The third-order valence-corrected chi connectivity index (χ3v) is 9.10. The van der Waals surface area contributed by atoms with E-state index in [1.807, 2.05) is 37.4 Å². The van der Waals surface area contributed by atoms with Crippen LogP contribution < -0.4 is 0 Å². The number of Topliss-reactive ketones (excluding diaryl/α,β-unsaturated/α-hetero) is 1. The summed E-state index contributed by atoms with van der Waals surface area (Å²) in [5.41, 5.74) is 2.07. The van der Waals surface area contributed by atoms with Crippen LogP contribution in [0.3, 0.4) is 0 Å².